The summed E-state index contributed by atoms with van der Waals surface area (Å²) in [6, 6.07) is 0. The molecular formula is C12H17N3O4. The van der Waals surface area contributed by atoms with Crippen LogP contribution in [0, 0.1) is 0 Å². The summed E-state index contributed by atoms with van der Waals surface area (Å²) in [5, 5.41) is 15.2. The molecule has 104 valence electrons. The van der Waals surface area contributed by atoms with Crippen LogP contribution < -0.4 is 5.32 Å². The fourth-order valence-electron chi connectivity index (χ4n) is 2.18. The molecule has 1 aliphatic rings. The zero-order chi connectivity index (χ0) is 13.9. The van der Waals surface area contributed by atoms with Gasteiger partial charge in [0, 0.05) is 13.3 Å². The second-order valence-corrected chi connectivity index (χ2v) is 4.79. The van der Waals surface area contributed by atoms with Crippen molar-refractivity contribution < 1.29 is 19.4 Å². The molecule has 0 aromatic carbocycles. The number of methoxy groups -OCH3 is 1. The average molecular weight is 267 g/mol. The van der Waals surface area contributed by atoms with Crippen LogP contribution in [0.25, 0.3) is 0 Å². The van der Waals surface area contributed by atoms with E-state index in [1.807, 2.05) is 0 Å². The molecule has 1 heterocycles. The monoisotopic (exact) mass is 267 g/mol. The first-order valence-electron chi connectivity index (χ1n) is 6.12. The number of nitrogens with zero attached hydrogens (tertiary/aromatic N) is 2. The second-order valence-electron chi connectivity index (χ2n) is 4.79. The molecule has 1 fully saturated rings. The van der Waals surface area contributed by atoms with Crippen molar-refractivity contribution in [2.45, 2.75) is 37.8 Å². The third-order valence-corrected chi connectivity index (χ3v) is 3.39. The van der Waals surface area contributed by atoms with E-state index < -0.39 is 5.97 Å². The number of carboxylic acid groups (broad SMARTS) is 1. The Morgan fingerprint density at radius 3 is 2.84 bits per heavy atom. The fourth-order valence-corrected chi connectivity index (χ4v) is 2.18. The topological polar surface area (TPSA) is 93.5 Å². The third-order valence-electron chi connectivity index (χ3n) is 3.39. The van der Waals surface area contributed by atoms with Crippen LogP contribution >= 0.6 is 0 Å². The van der Waals surface area contributed by atoms with E-state index in [4.69, 9.17) is 9.84 Å². The molecule has 1 aromatic rings. The first-order valence-corrected chi connectivity index (χ1v) is 6.12. The highest BCUT2D eigenvalue weighted by molar-refractivity contribution is 5.91. The van der Waals surface area contributed by atoms with Crippen LogP contribution in [-0.4, -0.2) is 39.5 Å². The molecule has 2 N–H and O–H groups in total. The number of hydrogen-bond acceptors (Lipinski definition) is 4. The molecule has 7 heteroatoms. The number of carbonyl (C=O) groups is 2. The molecule has 0 aliphatic heterocycles. The fraction of sp³-hybridized carbons (Fsp3) is 0.583. The lowest BCUT2D eigenvalue weighted by Crippen LogP contribution is -2.42. The normalized spacial score (nSPS) is 16.7. The molecule has 1 aliphatic carbocycles. The van der Waals surface area contributed by atoms with Gasteiger partial charge in [0.1, 0.15) is 6.54 Å². The van der Waals surface area contributed by atoms with Crippen LogP contribution in [0.3, 0.4) is 0 Å². The number of aromatic nitrogens is 2. The average Bonchev–Trinajstić information content (AvgIpc) is 2.70. The van der Waals surface area contributed by atoms with Gasteiger partial charge in [0.05, 0.1) is 23.9 Å². The summed E-state index contributed by atoms with van der Waals surface area (Å²) in [6.07, 6.45) is 6.11. The van der Waals surface area contributed by atoms with Gasteiger partial charge in [-0.1, -0.05) is 0 Å². The van der Waals surface area contributed by atoms with E-state index in [1.165, 1.54) is 17.1 Å². The maximum absolute atomic E-state index is 11.9. The van der Waals surface area contributed by atoms with Gasteiger partial charge in [0.25, 0.3) is 0 Å². The Labute approximate surface area is 110 Å². The van der Waals surface area contributed by atoms with Crippen molar-refractivity contribution in [3.63, 3.8) is 0 Å². The van der Waals surface area contributed by atoms with Gasteiger partial charge in [-0.3, -0.25) is 14.3 Å². The van der Waals surface area contributed by atoms with Gasteiger partial charge in [-0.25, -0.2) is 0 Å². The minimum absolute atomic E-state index is 0.142. The molecule has 0 atom stereocenters. The van der Waals surface area contributed by atoms with Gasteiger partial charge in [0.15, 0.2) is 0 Å². The highest BCUT2D eigenvalue weighted by Gasteiger charge is 2.39. The zero-order valence-corrected chi connectivity index (χ0v) is 10.8. The first-order chi connectivity index (χ1) is 9.03. The van der Waals surface area contributed by atoms with Crippen LogP contribution in [0.15, 0.2) is 12.4 Å². The van der Waals surface area contributed by atoms with Gasteiger partial charge < -0.3 is 15.2 Å². The summed E-state index contributed by atoms with van der Waals surface area (Å²) in [4.78, 5) is 22.4. The number of hydrogen-bond donors (Lipinski definition) is 2. The molecule has 0 spiro atoms. The van der Waals surface area contributed by atoms with Gasteiger partial charge in [0.2, 0.25) is 5.91 Å². The third kappa shape index (κ3) is 3.31. The Balaban J connectivity index is 1.88. The summed E-state index contributed by atoms with van der Waals surface area (Å²) in [7, 11) is 1.62. The van der Waals surface area contributed by atoms with E-state index in [0.29, 0.717) is 12.1 Å². The lowest BCUT2D eigenvalue weighted by Gasteiger charge is -2.39. The van der Waals surface area contributed by atoms with Crippen molar-refractivity contribution in [3.05, 3.63) is 12.4 Å². The van der Waals surface area contributed by atoms with Crippen molar-refractivity contribution in [1.29, 1.82) is 0 Å². The van der Waals surface area contributed by atoms with Crippen molar-refractivity contribution in [2.75, 3.05) is 12.4 Å². The molecule has 2 rings (SSSR count). The highest BCUT2D eigenvalue weighted by Crippen LogP contribution is 2.38. The predicted octanol–water partition coefficient (Wildman–Crippen LogP) is 0.865. The summed E-state index contributed by atoms with van der Waals surface area (Å²) in [5.41, 5.74) is 0.179. The maximum Gasteiger partial charge on any atom is 0.325 e. The Hall–Kier alpha value is -1.89. The SMILES string of the molecule is COC1(CC(=O)Nc2cnn(CC(=O)O)c2)CCC1. The summed E-state index contributed by atoms with van der Waals surface area (Å²) in [6.45, 7) is -0.224. The predicted molar refractivity (Wildman–Crippen MR) is 66.7 cm³/mol. The number of ether oxygens (including phenoxy) is 1. The van der Waals surface area contributed by atoms with Crippen LogP contribution in [0.5, 0.6) is 0 Å². The summed E-state index contributed by atoms with van der Waals surface area (Å²) < 4.78 is 6.64. The van der Waals surface area contributed by atoms with Crippen molar-refractivity contribution in [3.8, 4) is 0 Å². The van der Waals surface area contributed by atoms with E-state index in [1.54, 1.807) is 7.11 Å². The molecule has 0 radical (unpaired) electrons. The van der Waals surface area contributed by atoms with Gasteiger partial charge >= 0.3 is 5.97 Å². The van der Waals surface area contributed by atoms with Crippen molar-refractivity contribution in [1.82, 2.24) is 9.78 Å². The Kier molecular flexibility index (Phi) is 3.84. The number of amides is 1. The molecule has 1 aromatic heterocycles. The van der Waals surface area contributed by atoms with Crippen LogP contribution in [0.2, 0.25) is 0 Å². The Morgan fingerprint density at radius 2 is 2.32 bits per heavy atom. The highest BCUT2D eigenvalue weighted by atomic mass is 16.5. The minimum Gasteiger partial charge on any atom is -0.480 e. The van der Waals surface area contributed by atoms with Gasteiger partial charge in [-0.05, 0) is 19.3 Å². The van der Waals surface area contributed by atoms with Gasteiger partial charge in [-0.15, -0.1) is 0 Å². The number of rotatable bonds is 6. The Morgan fingerprint density at radius 1 is 1.58 bits per heavy atom. The smallest absolute Gasteiger partial charge is 0.325 e. The van der Waals surface area contributed by atoms with E-state index in [0.717, 1.165) is 19.3 Å². The second kappa shape index (κ2) is 5.40. The van der Waals surface area contributed by atoms with Crippen molar-refractivity contribution in [2.24, 2.45) is 0 Å². The molecule has 19 heavy (non-hydrogen) atoms. The zero-order valence-electron chi connectivity index (χ0n) is 10.8. The molecule has 1 amide bonds. The Bertz CT molecular complexity index is 474. The molecule has 0 unspecified atom stereocenters. The number of nitrogens with one attached hydrogen (secondary N) is 1. The quantitative estimate of drug-likeness (QED) is 0.797. The minimum atomic E-state index is -0.978. The molecule has 0 bridgehead atoms. The van der Waals surface area contributed by atoms with E-state index in [-0.39, 0.29) is 18.1 Å². The van der Waals surface area contributed by atoms with E-state index in [9.17, 15) is 9.59 Å². The first kappa shape index (κ1) is 13.5. The van der Waals surface area contributed by atoms with E-state index in [2.05, 4.69) is 10.4 Å². The van der Waals surface area contributed by atoms with Crippen LogP contribution in [0.1, 0.15) is 25.7 Å². The number of anilines is 1. The van der Waals surface area contributed by atoms with Crippen LogP contribution in [-0.2, 0) is 20.9 Å². The lowest BCUT2D eigenvalue weighted by atomic mass is 9.77. The molecule has 0 saturated heterocycles. The molecule has 7 nitrogen and oxygen atoms in total. The molecular weight excluding hydrogens is 250 g/mol. The number of aliphatic carboxylic acids is 1. The van der Waals surface area contributed by atoms with Crippen LogP contribution in [0.4, 0.5) is 5.69 Å². The van der Waals surface area contributed by atoms with Gasteiger partial charge in [-0.2, -0.15) is 5.10 Å². The van der Waals surface area contributed by atoms with Crippen molar-refractivity contribution >= 4 is 17.6 Å². The summed E-state index contributed by atoms with van der Waals surface area (Å²) >= 11 is 0. The maximum atomic E-state index is 11.9. The standard InChI is InChI=1S/C12H17N3O4/c1-19-12(3-2-4-12)5-10(16)14-9-6-13-15(7-9)8-11(17)18/h6-7H,2-5,8H2,1H3,(H,14,16)(H,17,18). The molecule has 1 saturated carbocycles. The largest absolute Gasteiger partial charge is 0.480 e. The number of carboxylic acids is 1. The lowest BCUT2D eigenvalue weighted by molar-refractivity contribution is -0.138. The van der Waals surface area contributed by atoms with E-state index >= 15 is 0 Å². The summed E-state index contributed by atoms with van der Waals surface area (Å²) in [5.74, 6) is -1.12. The number of carbonyl (C=O) groups excluding carboxylic acids is 1.